The monoisotopic (exact) mass is 360 g/mol. The average molecular weight is 361 g/mol. The summed E-state index contributed by atoms with van der Waals surface area (Å²) in [5, 5.41) is 4.26. The lowest BCUT2D eigenvalue weighted by Gasteiger charge is -2.17. The van der Waals surface area contributed by atoms with Crippen LogP contribution in [0.1, 0.15) is 31.4 Å². The summed E-state index contributed by atoms with van der Waals surface area (Å²) in [4.78, 5) is 2.45. The maximum Gasteiger partial charge on any atom is 0.119 e. The van der Waals surface area contributed by atoms with Gasteiger partial charge in [0.15, 0.2) is 0 Å². The van der Waals surface area contributed by atoms with E-state index in [9.17, 15) is 0 Å². The number of nitrogens with one attached hydrogen (secondary N) is 1. The summed E-state index contributed by atoms with van der Waals surface area (Å²) >= 11 is 5.89. The second kappa shape index (κ2) is 11.1. The highest BCUT2D eigenvalue weighted by Gasteiger charge is 2.00. The molecule has 0 saturated heterocycles. The average Bonchev–Trinajstić information content (AvgIpc) is 2.65. The summed E-state index contributed by atoms with van der Waals surface area (Å²) < 4.78 is 5.81. The van der Waals surface area contributed by atoms with Gasteiger partial charge in [-0.3, -0.25) is 0 Å². The van der Waals surface area contributed by atoms with Crippen molar-refractivity contribution in [1.29, 1.82) is 0 Å². The van der Waals surface area contributed by atoms with Crippen LogP contribution in [0.3, 0.4) is 0 Å². The van der Waals surface area contributed by atoms with Crippen LogP contribution >= 0.6 is 11.6 Å². The van der Waals surface area contributed by atoms with E-state index in [-0.39, 0.29) is 0 Å². The molecule has 0 fully saturated rings. The number of rotatable bonds is 11. The molecule has 0 radical (unpaired) electrons. The highest BCUT2D eigenvalue weighted by atomic mass is 35.5. The molecule has 0 aromatic heterocycles. The van der Waals surface area contributed by atoms with Gasteiger partial charge in [0.1, 0.15) is 12.4 Å². The number of hydrogen-bond donors (Lipinski definition) is 1. The SMILES string of the molecule is CCN(CC)CCCNCc1ccc(OCc2ccc(Cl)cc2)cc1. The van der Waals surface area contributed by atoms with Crippen molar-refractivity contribution in [3.63, 3.8) is 0 Å². The van der Waals surface area contributed by atoms with Gasteiger partial charge < -0.3 is 15.0 Å². The smallest absolute Gasteiger partial charge is 0.119 e. The summed E-state index contributed by atoms with van der Waals surface area (Å²) in [6.45, 7) is 10.4. The van der Waals surface area contributed by atoms with Crippen molar-refractivity contribution in [3.8, 4) is 5.75 Å². The highest BCUT2D eigenvalue weighted by molar-refractivity contribution is 6.30. The van der Waals surface area contributed by atoms with Crippen LogP contribution in [-0.2, 0) is 13.2 Å². The van der Waals surface area contributed by atoms with E-state index in [1.807, 2.05) is 36.4 Å². The molecule has 0 spiro atoms. The first-order valence-corrected chi connectivity index (χ1v) is 9.48. The van der Waals surface area contributed by atoms with Crippen molar-refractivity contribution >= 4 is 11.6 Å². The zero-order valence-electron chi connectivity index (χ0n) is 15.3. The second-order valence-corrected chi connectivity index (χ2v) is 6.55. The predicted octanol–water partition coefficient (Wildman–Crippen LogP) is 4.74. The zero-order chi connectivity index (χ0) is 17.9. The Bertz CT molecular complexity index is 594. The van der Waals surface area contributed by atoms with Crippen molar-refractivity contribution in [1.82, 2.24) is 10.2 Å². The molecule has 0 saturated carbocycles. The lowest BCUT2D eigenvalue weighted by molar-refractivity contribution is 0.298. The van der Waals surface area contributed by atoms with Gasteiger partial charge in [-0.1, -0.05) is 49.7 Å². The minimum atomic E-state index is 0.556. The highest BCUT2D eigenvalue weighted by Crippen LogP contribution is 2.15. The zero-order valence-corrected chi connectivity index (χ0v) is 16.1. The molecule has 0 amide bonds. The Labute approximate surface area is 156 Å². The van der Waals surface area contributed by atoms with Crippen LogP contribution in [0.4, 0.5) is 0 Å². The third kappa shape index (κ3) is 7.47. The molecular formula is C21H29ClN2O. The third-order valence-corrected chi connectivity index (χ3v) is 4.55. The van der Waals surface area contributed by atoms with Crippen LogP contribution < -0.4 is 10.1 Å². The lowest BCUT2D eigenvalue weighted by atomic mass is 10.2. The molecule has 2 rings (SSSR count). The second-order valence-electron chi connectivity index (χ2n) is 6.12. The molecule has 3 nitrogen and oxygen atoms in total. The van der Waals surface area contributed by atoms with Crippen LogP contribution in [-0.4, -0.2) is 31.1 Å². The summed E-state index contributed by atoms with van der Waals surface area (Å²) in [6, 6.07) is 16.0. The van der Waals surface area contributed by atoms with E-state index in [0.29, 0.717) is 6.61 Å². The molecular weight excluding hydrogens is 332 g/mol. The fraction of sp³-hybridized carbons (Fsp3) is 0.429. The number of nitrogens with zero attached hydrogens (tertiary/aromatic N) is 1. The van der Waals surface area contributed by atoms with Gasteiger partial charge in [-0.2, -0.15) is 0 Å². The molecule has 2 aromatic rings. The number of ether oxygens (including phenoxy) is 1. The van der Waals surface area contributed by atoms with Gasteiger partial charge in [-0.15, -0.1) is 0 Å². The fourth-order valence-electron chi connectivity index (χ4n) is 2.65. The van der Waals surface area contributed by atoms with Crippen molar-refractivity contribution in [2.24, 2.45) is 0 Å². The molecule has 0 bridgehead atoms. The summed E-state index contributed by atoms with van der Waals surface area (Å²) in [7, 11) is 0. The van der Waals surface area contributed by atoms with E-state index < -0.39 is 0 Å². The number of benzene rings is 2. The van der Waals surface area contributed by atoms with E-state index >= 15 is 0 Å². The molecule has 0 aliphatic carbocycles. The molecule has 0 aliphatic rings. The van der Waals surface area contributed by atoms with Gasteiger partial charge in [-0.05, 0) is 68.0 Å². The van der Waals surface area contributed by atoms with Gasteiger partial charge >= 0.3 is 0 Å². The van der Waals surface area contributed by atoms with E-state index in [2.05, 4.69) is 36.2 Å². The van der Waals surface area contributed by atoms with E-state index in [4.69, 9.17) is 16.3 Å². The molecule has 0 heterocycles. The van der Waals surface area contributed by atoms with Crippen molar-refractivity contribution in [2.45, 2.75) is 33.4 Å². The Morgan fingerprint density at radius 2 is 1.56 bits per heavy atom. The van der Waals surface area contributed by atoms with Gasteiger partial charge in [-0.25, -0.2) is 0 Å². The maximum atomic E-state index is 5.89. The molecule has 2 aromatic carbocycles. The number of halogens is 1. The standard InChI is InChI=1S/C21H29ClN2O/c1-3-24(4-2)15-5-14-23-16-18-8-12-21(13-9-18)25-17-19-6-10-20(22)11-7-19/h6-13,23H,3-5,14-17H2,1-2H3. The quantitative estimate of drug-likeness (QED) is 0.586. The topological polar surface area (TPSA) is 24.5 Å². The van der Waals surface area contributed by atoms with Gasteiger partial charge in [0.2, 0.25) is 0 Å². The van der Waals surface area contributed by atoms with E-state index in [1.54, 1.807) is 0 Å². The molecule has 25 heavy (non-hydrogen) atoms. The van der Waals surface area contributed by atoms with E-state index in [0.717, 1.165) is 49.1 Å². The summed E-state index contributed by atoms with van der Waals surface area (Å²) in [6.07, 6.45) is 1.18. The van der Waals surface area contributed by atoms with Crippen molar-refractivity contribution in [3.05, 3.63) is 64.7 Å². The Kier molecular flexibility index (Phi) is 8.81. The van der Waals surface area contributed by atoms with Gasteiger partial charge in [0.25, 0.3) is 0 Å². The normalized spacial score (nSPS) is 11.0. The van der Waals surface area contributed by atoms with Crippen molar-refractivity contribution < 1.29 is 4.74 Å². The van der Waals surface area contributed by atoms with Crippen LogP contribution in [0.2, 0.25) is 5.02 Å². The minimum Gasteiger partial charge on any atom is -0.489 e. The van der Waals surface area contributed by atoms with Crippen LogP contribution in [0.25, 0.3) is 0 Å². The van der Waals surface area contributed by atoms with Crippen LogP contribution in [0, 0.1) is 0 Å². The minimum absolute atomic E-state index is 0.556. The molecule has 0 aliphatic heterocycles. The third-order valence-electron chi connectivity index (χ3n) is 4.29. The Morgan fingerprint density at radius 1 is 0.920 bits per heavy atom. The number of hydrogen-bond acceptors (Lipinski definition) is 3. The first-order valence-electron chi connectivity index (χ1n) is 9.10. The van der Waals surface area contributed by atoms with Gasteiger partial charge in [0, 0.05) is 11.6 Å². The summed E-state index contributed by atoms with van der Waals surface area (Å²) in [5.41, 5.74) is 2.39. The molecule has 1 N–H and O–H groups in total. The Balaban J connectivity index is 1.66. The Morgan fingerprint density at radius 3 is 2.20 bits per heavy atom. The van der Waals surface area contributed by atoms with Crippen LogP contribution in [0.5, 0.6) is 5.75 Å². The predicted molar refractivity (Wildman–Crippen MR) is 106 cm³/mol. The molecule has 0 atom stereocenters. The van der Waals surface area contributed by atoms with E-state index in [1.165, 1.54) is 12.0 Å². The van der Waals surface area contributed by atoms with Crippen LogP contribution in [0.15, 0.2) is 48.5 Å². The molecule has 0 unspecified atom stereocenters. The molecule has 136 valence electrons. The maximum absolute atomic E-state index is 5.89. The van der Waals surface area contributed by atoms with Crippen molar-refractivity contribution in [2.75, 3.05) is 26.2 Å². The first-order chi connectivity index (χ1) is 12.2. The Hall–Kier alpha value is -1.55. The summed E-state index contributed by atoms with van der Waals surface area (Å²) in [5.74, 6) is 0.889. The lowest BCUT2D eigenvalue weighted by Crippen LogP contribution is -2.27. The fourth-order valence-corrected chi connectivity index (χ4v) is 2.78. The van der Waals surface area contributed by atoms with Gasteiger partial charge in [0.05, 0.1) is 0 Å². The first kappa shape index (κ1) is 19.8. The molecule has 4 heteroatoms. The largest absolute Gasteiger partial charge is 0.489 e.